The molecule has 1 rings (SSSR count). The average Bonchev–Trinajstić information content (AvgIpc) is 2.38. The lowest BCUT2D eigenvalue weighted by molar-refractivity contribution is 0.295. The molecule has 0 aromatic heterocycles. The molecule has 3 nitrogen and oxygen atoms in total. The number of ether oxygens (including phenoxy) is 2. The zero-order valence-electron chi connectivity index (χ0n) is 11.6. The number of hydrogen-bond donors (Lipinski definition) is 1. The minimum Gasteiger partial charge on any atom is -0.490 e. The normalized spacial score (nSPS) is 12.0. The maximum atomic E-state index is 5.98. The van der Waals surface area contributed by atoms with Gasteiger partial charge in [0.15, 0.2) is 11.5 Å². The van der Waals surface area contributed by atoms with Crippen molar-refractivity contribution in [2.24, 2.45) is 5.73 Å². The fraction of sp³-hybridized carbons (Fsp3) is 0.467. The van der Waals surface area contributed by atoms with Crippen molar-refractivity contribution >= 4 is 15.9 Å². The van der Waals surface area contributed by atoms with Crippen molar-refractivity contribution in [3.8, 4) is 11.5 Å². The fourth-order valence-electron chi connectivity index (χ4n) is 1.67. The Morgan fingerprint density at radius 3 is 2.63 bits per heavy atom. The minimum absolute atomic E-state index is 0.184. The van der Waals surface area contributed by atoms with Crippen molar-refractivity contribution in [2.75, 3.05) is 13.2 Å². The topological polar surface area (TPSA) is 44.5 Å². The van der Waals surface area contributed by atoms with Crippen LogP contribution in [0.4, 0.5) is 0 Å². The second kappa shape index (κ2) is 8.23. The predicted octanol–water partition coefficient (Wildman–Crippen LogP) is 3.65. The minimum atomic E-state index is 0.184. The summed E-state index contributed by atoms with van der Waals surface area (Å²) in [7, 11) is 0. The molecule has 1 aromatic carbocycles. The summed E-state index contributed by atoms with van der Waals surface area (Å²) in [6.45, 7) is 8.83. The lowest BCUT2D eigenvalue weighted by atomic mass is 10.0. The predicted molar refractivity (Wildman–Crippen MR) is 83.1 cm³/mol. The number of nitrogens with two attached hydrogens (primary N) is 1. The van der Waals surface area contributed by atoms with Gasteiger partial charge in [-0.1, -0.05) is 35.5 Å². The molecule has 0 saturated heterocycles. The third-order valence-corrected chi connectivity index (χ3v) is 2.94. The van der Waals surface area contributed by atoms with Gasteiger partial charge >= 0.3 is 0 Å². The third kappa shape index (κ3) is 5.66. The summed E-state index contributed by atoms with van der Waals surface area (Å²) in [5.74, 6) is 1.49. The first-order valence-corrected chi connectivity index (χ1v) is 7.33. The van der Waals surface area contributed by atoms with Gasteiger partial charge in [0, 0.05) is 10.5 Å². The lowest BCUT2D eigenvalue weighted by Crippen LogP contribution is -2.21. The van der Waals surface area contributed by atoms with Crippen LogP contribution in [0.25, 0.3) is 0 Å². The van der Waals surface area contributed by atoms with Crippen LogP contribution in [-0.2, 0) is 6.42 Å². The third-order valence-electron chi connectivity index (χ3n) is 2.71. The molecule has 1 atom stereocenters. The molecule has 1 aromatic rings. The largest absolute Gasteiger partial charge is 0.490 e. The summed E-state index contributed by atoms with van der Waals surface area (Å²) in [5.41, 5.74) is 7.14. The van der Waals surface area contributed by atoms with Crippen LogP contribution >= 0.6 is 15.9 Å². The van der Waals surface area contributed by atoms with E-state index in [-0.39, 0.29) is 6.04 Å². The second-order valence-electron chi connectivity index (χ2n) is 4.39. The van der Waals surface area contributed by atoms with Crippen LogP contribution in [0.1, 0.15) is 25.8 Å². The standard InChI is InChI=1S/C15H22BrNO2/c1-4-13(17)8-12-6-7-14(19-10-11(3)16)15(9-12)18-5-2/h6-7,9,13H,3-5,8,10,17H2,1-2H3. The van der Waals surface area contributed by atoms with Gasteiger partial charge in [-0.2, -0.15) is 0 Å². The number of rotatable bonds is 8. The Hall–Kier alpha value is -1.00. The molecule has 0 aliphatic carbocycles. The molecule has 4 heteroatoms. The zero-order chi connectivity index (χ0) is 14.3. The van der Waals surface area contributed by atoms with E-state index in [1.54, 1.807) is 0 Å². The molecule has 0 aliphatic rings. The van der Waals surface area contributed by atoms with Gasteiger partial charge in [0.25, 0.3) is 0 Å². The maximum Gasteiger partial charge on any atom is 0.161 e. The van der Waals surface area contributed by atoms with Crippen LogP contribution in [0.5, 0.6) is 11.5 Å². The molecule has 0 aliphatic heterocycles. The summed E-state index contributed by atoms with van der Waals surface area (Å²) in [6.07, 6.45) is 1.81. The van der Waals surface area contributed by atoms with Crippen molar-refractivity contribution in [1.82, 2.24) is 0 Å². The molecule has 0 amide bonds. The molecule has 0 heterocycles. The Bertz CT molecular complexity index is 421. The van der Waals surface area contributed by atoms with Gasteiger partial charge in [0.05, 0.1) is 6.61 Å². The number of hydrogen-bond acceptors (Lipinski definition) is 3. The van der Waals surface area contributed by atoms with Gasteiger partial charge in [0.1, 0.15) is 6.61 Å². The fourth-order valence-corrected chi connectivity index (χ4v) is 1.78. The van der Waals surface area contributed by atoms with Crippen molar-refractivity contribution < 1.29 is 9.47 Å². The molecule has 106 valence electrons. The van der Waals surface area contributed by atoms with E-state index in [1.165, 1.54) is 5.56 Å². The molecule has 0 radical (unpaired) electrons. The SMILES string of the molecule is C=C(Br)COc1ccc(CC(N)CC)cc1OCC. The van der Waals surface area contributed by atoms with Crippen molar-refractivity contribution in [3.63, 3.8) is 0 Å². The van der Waals surface area contributed by atoms with Gasteiger partial charge in [-0.15, -0.1) is 0 Å². The van der Waals surface area contributed by atoms with Crippen molar-refractivity contribution in [3.05, 3.63) is 34.8 Å². The molecule has 0 fully saturated rings. The summed E-state index contributed by atoms with van der Waals surface area (Å²) in [6, 6.07) is 6.15. The Labute approximate surface area is 123 Å². The molecule has 0 saturated carbocycles. The van der Waals surface area contributed by atoms with E-state index in [9.17, 15) is 0 Å². The van der Waals surface area contributed by atoms with E-state index < -0.39 is 0 Å². The monoisotopic (exact) mass is 327 g/mol. The van der Waals surface area contributed by atoms with Gasteiger partial charge in [-0.3, -0.25) is 0 Å². The molecular formula is C15H22BrNO2. The van der Waals surface area contributed by atoms with Gasteiger partial charge in [-0.05, 0) is 37.5 Å². The van der Waals surface area contributed by atoms with Crippen LogP contribution in [0, 0.1) is 0 Å². The lowest BCUT2D eigenvalue weighted by Gasteiger charge is -2.14. The van der Waals surface area contributed by atoms with Crippen molar-refractivity contribution in [1.29, 1.82) is 0 Å². The highest BCUT2D eigenvalue weighted by atomic mass is 79.9. The molecular weight excluding hydrogens is 306 g/mol. The van der Waals surface area contributed by atoms with E-state index in [4.69, 9.17) is 15.2 Å². The highest BCUT2D eigenvalue weighted by molar-refractivity contribution is 9.11. The van der Waals surface area contributed by atoms with E-state index in [2.05, 4.69) is 29.4 Å². The smallest absolute Gasteiger partial charge is 0.161 e. The van der Waals surface area contributed by atoms with Crippen LogP contribution in [0.3, 0.4) is 0 Å². The molecule has 0 spiro atoms. The van der Waals surface area contributed by atoms with Crippen molar-refractivity contribution in [2.45, 2.75) is 32.7 Å². The first kappa shape index (κ1) is 16.1. The quantitative estimate of drug-likeness (QED) is 0.792. The Balaban J connectivity index is 2.83. The first-order valence-electron chi connectivity index (χ1n) is 6.54. The van der Waals surface area contributed by atoms with Crippen LogP contribution in [-0.4, -0.2) is 19.3 Å². The summed E-state index contributed by atoms with van der Waals surface area (Å²) in [4.78, 5) is 0. The Morgan fingerprint density at radius 2 is 2.05 bits per heavy atom. The first-order chi connectivity index (χ1) is 9.06. The van der Waals surface area contributed by atoms with Crippen LogP contribution < -0.4 is 15.2 Å². The zero-order valence-corrected chi connectivity index (χ0v) is 13.2. The van der Waals surface area contributed by atoms with E-state index >= 15 is 0 Å². The van der Waals surface area contributed by atoms with Gasteiger partial charge < -0.3 is 15.2 Å². The number of benzene rings is 1. The molecule has 19 heavy (non-hydrogen) atoms. The van der Waals surface area contributed by atoms with E-state index in [0.717, 1.165) is 28.8 Å². The molecule has 1 unspecified atom stereocenters. The maximum absolute atomic E-state index is 5.98. The van der Waals surface area contributed by atoms with E-state index in [1.807, 2.05) is 25.1 Å². The van der Waals surface area contributed by atoms with Crippen LogP contribution in [0.15, 0.2) is 29.3 Å². The summed E-state index contributed by atoms with van der Waals surface area (Å²) >= 11 is 3.28. The van der Waals surface area contributed by atoms with Gasteiger partial charge in [0.2, 0.25) is 0 Å². The second-order valence-corrected chi connectivity index (χ2v) is 5.51. The van der Waals surface area contributed by atoms with Crippen LogP contribution in [0.2, 0.25) is 0 Å². The van der Waals surface area contributed by atoms with Gasteiger partial charge in [-0.25, -0.2) is 0 Å². The Morgan fingerprint density at radius 1 is 1.32 bits per heavy atom. The molecule has 0 bridgehead atoms. The van der Waals surface area contributed by atoms with E-state index in [0.29, 0.717) is 13.2 Å². The highest BCUT2D eigenvalue weighted by Crippen LogP contribution is 2.29. The summed E-state index contributed by atoms with van der Waals surface area (Å²) in [5, 5.41) is 0. The summed E-state index contributed by atoms with van der Waals surface area (Å²) < 4.78 is 12.0. The number of halogens is 1. The average molecular weight is 328 g/mol. The highest BCUT2D eigenvalue weighted by Gasteiger charge is 2.09. The Kier molecular flexibility index (Phi) is 6.95. The molecule has 2 N–H and O–H groups in total.